The predicted molar refractivity (Wildman–Crippen MR) is 109 cm³/mol. The van der Waals surface area contributed by atoms with Crippen molar-refractivity contribution in [2.75, 3.05) is 0 Å². The van der Waals surface area contributed by atoms with Crippen LogP contribution < -0.4 is 0 Å². The van der Waals surface area contributed by atoms with Crippen molar-refractivity contribution in [3.8, 4) is 0 Å². The molecule has 0 aromatic carbocycles. The van der Waals surface area contributed by atoms with Crippen LogP contribution in [0, 0.1) is 6.92 Å². The van der Waals surface area contributed by atoms with Gasteiger partial charge in [0.2, 0.25) is 0 Å². The SMILES string of the molecule is [CH2]CC(CCCCCCCCCCCCCCCCCC)S(=O)(=O)O. The molecule has 0 bridgehead atoms. The van der Waals surface area contributed by atoms with Crippen molar-refractivity contribution in [3.63, 3.8) is 0 Å². The summed E-state index contributed by atoms with van der Waals surface area (Å²) in [4.78, 5) is 0. The van der Waals surface area contributed by atoms with E-state index in [4.69, 9.17) is 4.55 Å². The van der Waals surface area contributed by atoms with E-state index in [0.717, 1.165) is 12.8 Å². The standard InChI is InChI=1S/C21H43O3S/c1-3-5-6-7-8-9-10-11-12-13-14-15-16-17-18-19-20-21(4-2)25(22,23)24/h21H,2-20H2,1H3,(H,22,23,24). The summed E-state index contributed by atoms with van der Waals surface area (Å²) in [7, 11) is -3.90. The van der Waals surface area contributed by atoms with Gasteiger partial charge in [0.15, 0.2) is 0 Å². The third-order valence-corrected chi connectivity index (χ3v) is 6.44. The zero-order chi connectivity index (χ0) is 18.8. The van der Waals surface area contributed by atoms with Crippen molar-refractivity contribution in [3.05, 3.63) is 6.92 Å². The van der Waals surface area contributed by atoms with Crippen LogP contribution in [0.3, 0.4) is 0 Å². The lowest BCUT2D eigenvalue weighted by molar-refractivity contribution is 0.455. The zero-order valence-corrected chi connectivity index (χ0v) is 17.5. The molecular formula is C21H43O3S. The molecular weight excluding hydrogens is 332 g/mol. The Labute approximate surface area is 158 Å². The maximum absolute atomic E-state index is 11.1. The molecule has 4 heteroatoms. The topological polar surface area (TPSA) is 54.4 Å². The lowest BCUT2D eigenvalue weighted by Crippen LogP contribution is -2.19. The fourth-order valence-corrected chi connectivity index (χ4v) is 4.12. The molecule has 0 aromatic rings. The Balaban J connectivity index is 3.21. The Morgan fingerprint density at radius 1 is 0.680 bits per heavy atom. The van der Waals surface area contributed by atoms with Gasteiger partial charge in [-0.1, -0.05) is 117 Å². The summed E-state index contributed by atoms with van der Waals surface area (Å²) in [5, 5.41) is -0.667. The largest absolute Gasteiger partial charge is 0.285 e. The number of hydrogen-bond acceptors (Lipinski definition) is 2. The van der Waals surface area contributed by atoms with E-state index < -0.39 is 15.4 Å². The average molecular weight is 376 g/mol. The van der Waals surface area contributed by atoms with Crippen molar-refractivity contribution >= 4 is 10.1 Å². The molecule has 25 heavy (non-hydrogen) atoms. The molecule has 3 nitrogen and oxygen atoms in total. The molecule has 0 aliphatic heterocycles. The maximum Gasteiger partial charge on any atom is 0.267 e. The van der Waals surface area contributed by atoms with Crippen molar-refractivity contribution in [1.29, 1.82) is 0 Å². The number of unbranched alkanes of at least 4 members (excludes halogenated alkanes) is 15. The van der Waals surface area contributed by atoms with Gasteiger partial charge in [0.05, 0.1) is 5.25 Å². The van der Waals surface area contributed by atoms with Gasteiger partial charge in [0.25, 0.3) is 10.1 Å². The molecule has 0 fully saturated rings. The van der Waals surface area contributed by atoms with Gasteiger partial charge in [0.1, 0.15) is 0 Å². The Kier molecular flexibility index (Phi) is 17.3. The first-order valence-electron chi connectivity index (χ1n) is 10.8. The molecule has 1 unspecified atom stereocenters. The van der Waals surface area contributed by atoms with Crippen molar-refractivity contribution < 1.29 is 13.0 Å². The fraction of sp³-hybridized carbons (Fsp3) is 0.952. The van der Waals surface area contributed by atoms with Crippen LogP contribution in [0.4, 0.5) is 0 Å². The molecule has 0 spiro atoms. The minimum absolute atomic E-state index is 0.261. The smallest absolute Gasteiger partial charge is 0.267 e. The molecule has 0 rings (SSSR count). The predicted octanol–water partition coefficient (Wildman–Crippen LogP) is 7.12. The second kappa shape index (κ2) is 17.3. The third-order valence-electron chi connectivity index (χ3n) is 5.12. The summed E-state index contributed by atoms with van der Waals surface area (Å²) in [5.74, 6) is 0. The fourth-order valence-electron chi connectivity index (χ4n) is 3.36. The van der Waals surface area contributed by atoms with Crippen molar-refractivity contribution in [1.82, 2.24) is 0 Å². The minimum Gasteiger partial charge on any atom is -0.285 e. The number of hydrogen-bond donors (Lipinski definition) is 1. The third kappa shape index (κ3) is 17.1. The first-order chi connectivity index (χ1) is 12.0. The molecule has 0 aliphatic carbocycles. The summed E-state index contributed by atoms with van der Waals surface area (Å²) in [5.41, 5.74) is 0. The van der Waals surface area contributed by atoms with Crippen LogP contribution in [0.2, 0.25) is 0 Å². The van der Waals surface area contributed by atoms with E-state index in [1.165, 1.54) is 89.9 Å². The van der Waals surface area contributed by atoms with Crippen LogP contribution in [0.5, 0.6) is 0 Å². The molecule has 0 saturated heterocycles. The molecule has 1 radical (unpaired) electrons. The first kappa shape index (κ1) is 24.9. The highest BCUT2D eigenvalue weighted by Gasteiger charge is 2.19. The summed E-state index contributed by atoms with van der Waals surface area (Å²) in [6.45, 7) is 5.87. The highest BCUT2D eigenvalue weighted by atomic mass is 32.2. The zero-order valence-electron chi connectivity index (χ0n) is 16.7. The number of rotatable bonds is 19. The minimum atomic E-state index is -3.90. The van der Waals surface area contributed by atoms with Gasteiger partial charge >= 0.3 is 0 Å². The van der Waals surface area contributed by atoms with Crippen molar-refractivity contribution in [2.24, 2.45) is 0 Å². The second-order valence-corrected chi connectivity index (χ2v) is 9.21. The van der Waals surface area contributed by atoms with Crippen LogP contribution in [0.15, 0.2) is 0 Å². The van der Waals surface area contributed by atoms with E-state index in [2.05, 4.69) is 13.8 Å². The van der Waals surface area contributed by atoms with Gasteiger partial charge in [-0.05, 0) is 12.8 Å². The van der Waals surface area contributed by atoms with E-state index >= 15 is 0 Å². The summed E-state index contributed by atoms with van der Waals surface area (Å²) >= 11 is 0. The average Bonchev–Trinajstić information content (AvgIpc) is 2.56. The van der Waals surface area contributed by atoms with Crippen LogP contribution in [0.25, 0.3) is 0 Å². The van der Waals surface area contributed by atoms with Crippen LogP contribution in [-0.2, 0) is 10.1 Å². The molecule has 1 atom stereocenters. The van der Waals surface area contributed by atoms with Crippen molar-refractivity contribution in [2.45, 2.75) is 128 Å². The Bertz CT molecular complexity index is 365. The quantitative estimate of drug-likeness (QED) is 0.193. The highest BCUT2D eigenvalue weighted by Crippen LogP contribution is 2.16. The van der Waals surface area contributed by atoms with Crippen LogP contribution in [-0.4, -0.2) is 18.2 Å². The molecule has 1 N–H and O–H groups in total. The van der Waals surface area contributed by atoms with E-state index in [1.54, 1.807) is 0 Å². The Hall–Kier alpha value is -0.0900. The maximum atomic E-state index is 11.1. The van der Waals surface area contributed by atoms with Gasteiger partial charge < -0.3 is 0 Å². The monoisotopic (exact) mass is 375 g/mol. The van der Waals surface area contributed by atoms with Crippen LogP contribution >= 0.6 is 0 Å². The molecule has 0 heterocycles. The normalized spacial score (nSPS) is 13.2. The molecule has 0 amide bonds. The lowest BCUT2D eigenvalue weighted by Gasteiger charge is -2.10. The van der Waals surface area contributed by atoms with Crippen LogP contribution in [0.1, 0.15) is 122 Å². The molecule has 151 valence electrons. The van der Waals surface area contributed by atoms with E-state index in [0.29, 0.717) is 6.42 Å². The van der Waals surface area contributed by atoms with E-state index in [-0.39, 0.29) is 6.42 Å². The second-order valence-electron chi connectivity index (χ2n) is 7.52. The summed E-state index contributed by atoms with van der Waals surface area (Å²) in [6, 6.07) is 0. The summed E-state index contributed by atoms with van der Waals surface area (Å²) in [6.07, 6.45) is 21.8. The lowest BCUT2D eigenvalue weighted by atomic mass is 10.0. The first-order valence-corrected chi connectivity index (χ1v) is 12.3. The summed E-state index contributed by atoms with van der Waals surface area (Å²) < 4.78 is 31.2. The van der Waals surface area contributed by atoms with Gasteiger partial charge in [-0.15, -0.1) is 0 Å². The van der Waals surface area contributed by atoms with E-state index in [9.17, 15) is 8.42 Å². The van der Waals surface area contributed by atoms with Gasteiger partial charge in [0, 0.05) is 0 Å². The van der Waals surface area contributed by atoms with E-state index in [1.807, 2.05) is 0 Å². The van der Waals surface area contributed by atoms with Gasteiger partial charge in [-0.3, -0.25) is 4.55 Å². The Morgan fingerprint density at radius 3 is 1.28 bits per heavy atom. The van der Waals surface area contributed by atoms with Gasteiger partial charge in [-0.2, -0.15) is 8.42 Å². The van der Waals surface area contributed by atoms with Gasteiger partial charge in [-0.25, -0.2) is 0 Å². The molecule has 0 aromatic heterocycles. The highest BCUT2D eigenvalue weighted by molar-refractivity contribution is 7.86. The molecule has 0 saturated carbocycles. The molecule has 0 aliphatic rings. The Morgan fingerprint density at radius 2 is 1.00 bits per heavy atom.